The fourth-order valence-corrected chi connectivity index (χ4v) is 5.77. The van der Waals surface area contributed by atoms with Crippen molar-refractivity contribution < 1.29 is 13.6 Å². The first-order chi connectivity index (χ1) is 19.4. The average Bonchev–Trinajstić information content (AvgIpc) is 3.71. The van der Waals surface area contributed by atoms with Crippen LogP contribution >= 0.6 is 0 Å². The van der Waals surface area contributed by atoms with Gasteiger partial charge in [0.05, 0.1) is 24.2 Å². The number of nitrogens with one attached hydrogen (secondary N) is 1. The van der Waals surface area contributed by atoms with E-state index in [0.29, 0.717) is 28.0 Å². The number of likely N-dealkylation sites (tertiary alicyclic amines) is 2. The van der Waals surface area contributed by atoms with Crippen LogP contribution < -0.4 is 5.56 Å². The molecule has 1 N–H and O–H groups in total. The molecule has 0 atom stereocenters. The van der Waals surface area contributed by atoms with Gasteiger partial charge < -0.3 is 9.88 Å². The topological polar surface area (TPSA) is 87.1 Å². The zero-order chi connectivity index (χ0) is 27.4. The maximum atomic E-state index is 14.3. The van der Waals surface area contributed by atoms with Crippen molar-refractivity contribution in [3.8, 4) is 16.9 Å². The molecule has 1 aromatic carbocycles. The first-order valence-corrected chi connectivity index (χ1v) is 14.0. The molecule has 3 aliphatic rings. The number of benzene rings is 1. The number of carbonyl (C=O) groups is 1. The molecular weight excluding hydrogens is 514 g/mol. The highest BCUT2D eigenvalue weighted by atomic mass is 19.1. The largest absolute Gasteiger partial charge is 0.351 e. The second-order valence-electron chi connectivity index (χ2n) is 11.2. The smallest absolute Gasteiger partial charge is 0.283 e. The Labute approximate surface area is 229 Å². The van der Waals surface area contributed by atoms with Crippen LogP contribution in [0.3, 0.4) is 0 Å². The zero-order valence-corrected chi connectivity index (χ0v) is 22.1. The van der Waals surface area contributed by atoms with Gasteiger partial charge in [0.1, 0.15) is 29.7 Å². The number of hydrogen-bond acceptors (Lipinski definition) is 5. The van der Waals surface area contributed by atoms with Crippen molar-refractivity contribution in [1.82, 2.24) is 29.3 Å². The number of aromatic amines is 1. The molecule has 3 fully saturated rings. The van der Waals surface area contributed by atoms with Gasteiger partial charge in [0.2, 0.25) is 0 Å². The lowest BCUT2D eigenvalue weighted by Gasteiger charge is -2.34. The van der Waals surface area contributed by atoms with Gasteiger partial charge in [-0.1, -0.05) is 12.5 Å². The Morgan fingerprint density at radius 3 is 2.60 bits per heavy atom. The molecule has 0 radical (unpaired) electrons. The molecule has 40 heavy (non-hydrogen) atoms. The molecule has 8 nitrogen and oxygen atoms in total. The minimum Gasteiger partial charge on any atom is -0.351 e. The number of fused-ring (bicyclic) bond motifs is 1. The third kappa shape index (κ3) is 4.70. The van der Waals surface area contributed by atoms with E-state index < -0.39 is 17.9 Å². The zero-order valence-electron chi connectivity index (χ0n) is 22.1. The molecule has 206 valence electrons. The quantitative estimate of drug-likeness (QED) is 0.384. The monoisotopic (exact) mass is 544 g/mol. The maximum absolute atomic E-state index is 14.3. The Bertz CT molecular complexity index is 1660. The van der Waals surface area contributed by atoms with Crippen molar-refractivity contribution in [2.45, 2.75) is 50.7 Å². The minimum absolute atomic E-state index is 0.000673. The highest BCUT2D eigenvalue weighted by Gasteiger charge is 2.33. The number of hydrogen-bond donors (Lipinski definition) is 1. The van der Waals surface area contributed by atoms with Crippen LogP contribution in [-0.4, -0.2) is 67.6 Å². The van der Waals surface area contributed by atoms with E-state index in [1.807, 2.05) is 12.1 Å². The lowest BCUT2D eigenvalue weighted by atomic mass is 9.97. The SMILES string of the molecule is O=C(c1cc(F)ccc1-c1cc(C2CC2)nc(-n2cnc3cc(CN4CCCCC4)[nH]c3c2=O)c1)N1CC(F)C1. The molecule has 7 rings (SSSR count). The molecule has 1 aliphatic carbocycles. The minimum atomic E-state index is -1.06. The van der Waals surface area contributed by atoms with Gasteiger partial charge in [0.15, 0.2) is 0 Å². The van der Waals surface area contributed by atoms with E-state index in [4.69, 9.17) is 4.98 Å². The molecule has 4 aromatic rings. The Hall–Kier alpha value is -3.92. The van der Waals surface area contributed by atoms with E-state index in [2.05, 4.69) is 14.9 Å². The highest BCUT2D eigenvalue weighted by Crippen LogP contribution is 2.41. The van der Waals surface area contributed by atoms with Crippen LogP contribution in [0.5, 0.6) is 0 Å². The molecule has 0 spiro atoms. The summed E-state index contributed by atoms with van der Waals surface area (Å²) < 4.78 is 29.2. The first kappa shape index (κ1) is 25.1. The summed E-state index contributed by atoms with van der Waals surface area (Å²) in [5, 5.41) is 0. The molecule has 1 saturated carbocycles. The van der Waals surface area contributed by atoms with Gasteiger partial charge >= 0.3 is 0 Å². The van der Waals surface area contributed by atoms with Gasteiger partial charge in [-0.2, -0.15) is 0 Å². The van der Waals surface area contributed by atoms with Crippen molar-refractivity contribution in [2.75, 3.05) is 26.2 Å². The van der Waals surface area contributed by atoms with Crippen molar-refractivity contribution >= 4 is 16.9 Å². The molecular formula is C30H30F2N6O2. The molecule has 2 aliphatic heterocycles. The lowest BCUT2D eigenvalue weighted by Crippen LogP contribution is -2.51. The number of H-pyrrole nitrogens is 1. The lowest BCUT2D eigenvalue weighted by molar-refractivity contribution is 0.0400. The van der Waals surface area contributed by atoms with Crippen LogP contribution in [0, 0.1) is 5.82 Å². The van der Waals surface area contributed by atoms with Crippen molar-refractivity contribution in [1.29, 1.82) is 0 Å². The summed E-state index contributed by atoms with van der Waals surface area (Å²) in [6, 6.07) is 9.64. The van der Waals surface area contributed by atoms with E-state index in [-0.39, 0.29) is 30.1 Å². The summed E-state index contributed by atoms with van der Waals surface area (Å²) in [5.74, 6) is -0.307. The second-order valence-corrected chi connectivity index (χ2v) is 11.2. The van der Waals surface area contributed by atoms with Crippen molar-refractivity contribution in [2.24, 2.45) is 0 Å². The van der Waals surface area contributed by atoms with Gasteiger partial charge in [-0.05, 0) is 80.2 Å². The highest BCUT2D eigenvalue weighted by molar-refractivity contribution is 6.01. The van der Waals surface area contributed by atoms with E-state index in [1.54, 1.807) is 12.1 Å². The number of nitrogens with zero attached hydrogens (tertiary/aromatic N) is 5. The molecule has 0 unspecified atom stereocenters. The van der Waals surface area contributed by atoms with Crippen LogP contribution in [-0.2, 0) is 6.54 Å². The maximum Gasteiger partial charge on any atom is 0.283 e. The Kier molecular flexibility index (Phi) is 6.22. The second kappa shape index (κ2) is 9.92. The number of alkyl halides is 1. The van der Waals surface area contributed by atoms with Crippen molar-refractivity contribution in [3.63, 3.8) is 0 Å². The summed E-state index contributed by atoms with van der Waals surface area (Å²) in [5.41, 5.74) is 3.87. The van der Waals surface area contributed by atoms with Crippen LogP contribution in [0.2, 0.25) is 0 Å². The first-order valence-electron chi connectivity index (χ1n) is 14.0. The van der Waals surface area contributed by atoms with E-state index in [9.17, 15) is 18.4 Å². The number of rotatable bonds is 6. The summed E-state index contributed by atoms with van der Waals surface area (Å²) in [4.78, 5) is 43.2. The number of piperidine rings is 1. The average molecular weight is 545 g/mol. The third-order valence-corrected chi connectivity index (χ3v) is 8.16. The molecule has 1 amide bonds. The molecule has 0 bridgehead atoms. The molecule has 10 heteroatoms. The van der Waals surface area contributed by atoms with E-state index in [1.165, 1.54) is 47.2 Å². The van der Waals surface area contributed by atoms with Gasteiger partial charge in [-0.3, -0.25) is 14.5 Å². The van der Waals surface area contributed by atoms with Crippen LogP contribution in [0.1, 0.15) is 59.8 Å². The Balaban J connectivity index is 1.29. The van der Waals surface area contributed by atoms with Gasteiger partial charge in [-0.15, -0.1) is 0 Å². The predicted octanol–water partition coefficient (Wildman–Crippen LogP) is 4.57. The van der Waals surface area contributed by atoms with Gasteiger partial charge in [0.25, 0.3) is 11.5 Å². The fraction of sp³-hybridized carbons (Fsp3) is 0.400. The van der Waals surface area contributed by atoms with Gasteiger partial charge in [-0.25, -0.2) is 23.3 Å². The predicted molar refractivity (Wildman–Crippen MR) is 147 cm³/mol. The number of aromatic nitrogens is 4. The van der Waals surface area contributed by atoms with E-state index >= 15 is 0 Å². The number of amides is 1. The van der Waals surface area contributed by atoms with E-state index in [0.717, 1.165) is 43.9 Å². The van der Waals surface area contributed by atoms with Gasteiger partial charge in [0, 0.05) is 23.9 Å². The number of halogens is 2. The standard InChI is InChI=1S/C30H30F2N6O2/c31-20-6-7-23(24(12-20)29(39)37-14-21(32)15-37)19-10-25(18-4-5-18)35-27(11-19)38-17-33-26-13-22(34-28(26)30(38)40)16-36-8-2-1-3-9-36/h6-7,10-13,17-18,21,34H,1-5,8-9,14-16H2. The summed E-state index contributed by atoms with van der Waals surface area (Å²) in [7, 11) is 0. The Morgan fingerprint density at radius 1 is 1.05 bits per heavy atom. The normalized spacial score (nSPS) is 18.3. The summed E-state index contributed by atoms with van der Waals surface area (Å²) >= 11 is 0. The fourth-order valence-electron chi connectivity index (χ4n) is 5.77. The number of pyridine rings is 1. The van der Waals surface area contributed by atoms with Crippen LogP contribution in [0.15, 0.2) is 47.5 Å². The van der Waals surface area contributed by atoms with Crippen molar-refractivity contribution in [3.05, 3.63) is 75.8 Å². The van der Waals surface area contributed by atoms with Crippen LogP contribution in [0.4, 0.5) is 8.78 Å². The van der Waals surface area contributed by atoms with Crippen LogP contribution in [0.25, 0.3) is 28.0 Å². The number of carbonyl (C=O) groups excluding carboxylic acids is 1. The molecule has 2 saturated heterocycles. The summed E-state index contributed by atoms with van der Waals surface area (Å²) in [6.07, 6.45) is 6.04. The molecule has 5 heterocycles. The summed E-state index contributed by atoms with van der Waals surface area (Å²) in [6.45, 7) is 2.85. The molecule has 3 aromatic heterocycles. The Morgan fingerprint density at radius 2 is 1.85 bits per heavy atom. The third-order valence-electron chi connectivity index (χ3n) is 8.16.